The molecule has 2 aromatic carbocycles. The van der Waals surface area contributed by atoms with Gasteiger partial charge in [-0.15, -0.1) is 11.3 Å². The second-order valence-electron chi connectivity index (χ2n) is 7.34. The number of rotatable bonds is 8. The number of aromatic amines is 1. The third-order valence-corrected chi connectivity index (χ3v) is 6.21. The Morgan fingerprint density at radius 3 is 2.65 bits per heavy atom. The van der Waals surface area contributed by atoms with Gasteiger partial charge in [-0.05, 0) is 72.5 Å². The number of methoxy groups -OCH3 is 1. The molecule has 4 rings (SSSR count). The van der Waals surface area contributed by atoms with Crippen molar-refractivity contribution < 1.29 is 19.1 Å². The van der Waals surface area contributed by atoms with E-state index in [1.54, 1.807) is 55.6 Å². The molecule has 0 radical (unpaired) electrons. The molecule has 0 fully saturated rings. The fourth-order valence-corrected chi connectivity index (χ4v) is 4.23. The third-order valence-electron chi connectivity index (χ3n) is 5.02. The molecule has 10 heteroatoms. The molecule has 0 saturated carbocycles. The number of thiophene rings is 1. The molecule has 0 aliphatic carbocycles. The quantitative estimate of drug-likeness (QED) is 0.160. The Hall–Kier alpha value is -3.60. The van der Waals surface area contributed by atoms with Crippen LogP contribution in [0.4, 0.5) is 5.69 Å². The number of nitrogens with one attached hydrogen (secondary N) is 2. The number of ether oxygens (including phenoxy) is 2. The van der Waals surface area contributed by atoms with Crippen LogP contribution in [0.25, 0.3) is 10.9 Å². The van der Waals surface area contributed by atoms with E-state index in [0.29, 0.717) is 46.8 Å². The van der Waals surface area contributed by atoms with Crippen LogP contribution in [0.3, 0.4) is 0 Å². The zero-order valence-corrected chi connectivity index (χ0v) is 19.8. The van der Waals surface area contributed by atoms with Crippen LogP contribution in [0, 0.1) is 4.77 Å². The number of aromatic nitrogens is 2. The van der Waals surface area contributed by atoms with Gasteiger partial charge in [0.05, 0.1) is 21.3 Å². The number of hydrogen-bond donors (Lipinski definition) is 2. The molecular formula is C24H21N3O5S2. The lowest BCUT2D eigenvalue weighted by atomic mass is 10.1. The van der Waals surface area contributed by atoms with Crippen molar-refractivity contribution in [3.63, 3.8) is 0 Å². The van der Waals surface area contributed by atoms with E-state index in [1.807, 2.05) is 5.38 Å². The summed E-state index contributed by atoms with van der Waals surface area (Å²) in [6.45, 7) is 0.956. The second kappa shape index (κ2) is 10.6. The van der Waals surface area contributed by atoms with Gasteiger partial charge < -0.3 is 19.8 Å². The highest BCUT2D eigenvalue weighted by atomic mass is 32.1. The molecule has 2 heterocycles. The van der Waals surface area contributed by atoms with Gasteiger partial charge in [-0.25, -0.2) is 4.79 Å². The summed E-state index contributed by atoms with van der Waals surface area (Å²) in [5.74, 6) is -0.465. The number of carbonyl (C=O) groups excluding carboxylic acids is 2. The van der Waals surface area contributed by atoms with Crippen molar-refractivity contribution in [3.05, 3.63) is 85.5 Å². The van der Waals surface area contributed by atoms with Gasteiger partial charge in [-0.1, -0.05) is 6.07 Å². The first-order valence-corrected chi connectivity index (χ1v) is 11.7. The Morgan fingerprint density at radius 2 is 1.94 bits per heavy atom. The van der Waals surface area contributed by atoms with Crippen LogP contribution in [0.2, 0.25) is 0 Å². The molecule has 8 nitrogen and oxygen atoms in total. The van der Waals surface area contributed by atoms with E-state index in [9.17, 15) is 14.4 Å². The molecule has 0 unspecified atom stereocenters. The maximum absolute atomic E-state index is 12.8. The number of anilines is 1. The van der Waals surface area contributed by atoms with Gasteiger partial charge >= 0.3 is 5.97 Å². The fraction of sp³-hybridized carbons (Fsp3) is 0.167. The van der Waals surface area contributed by atoms with Crippen molar-refractivity contribution >= 4 is 52.0 Å². The lowest BCUT2D eigenvalue weighted by molar-refractivity contribution is 0.0734. The smallest absolute Gasteiger partial charge is 0.343 e. The average molecular weight is 496 g/mol. The molecule has 1 amide bonds. The number of amides is 1. The lowest BCUT2D eigenvalue weighted by Gasteiger charge is -2.09. The Bertz CT molecular complexity index is 1440. The minimum atomic E-state index is -0.583. The van der Waals surface area contributed by atoms with Crippen LogP contribution in [-0.4, -0.2) is 35.1 Å². The normalized spacial score (nSPS) is 10.9. The molecular weight excluding hydrogens is 474 g/mol. The third kappa shape index (κ3) is 5.30. The van der Waals surface area contributed by atoms with E-state index in [-0.39, 0.29) is 21.8 Å². The monoisotopic (exact) mass is 495 g/mol. The number of H-pyrrole nitrogens is 1. The molecule has 0 atom stereocenters. The number of fused-ring (bicyclic) bond motifs is 1. The van der Waals surface area contributed by atoms with Crippen LogP contribution < -0.4 is 15.6 Å². The van der Waals surface area contributed by atoms with Gasteiger partial charge in [-0.2, -0.15) is 0 Å². The number of benzene rings is 2. The number of hydrogen-bond acceptors (Lipinski definition) is 7. The largest absolute Gasteiger partial charge is 0.423 e. The Kier molecular flexibility index (Phi) is 7.31. The van der Waals surface area contributed by atoms with Crippen LogP contribution in [0.5, 0.6) is 5.75 Å². The van der Waals surface area contributed by atoms with Crippen molar-refractivity contribution in [2.24, 2.45) is 0 Å². The number of carbonyl (C=O) groups is 2. The fourth-order valence-electron chi connectivity index (χ4n) is 3.32. The molecule has 4 aromatic rings. The highest BCUT2D eigenvalue weighted by molar-refractivity contribution is 7.71. The minimum absolute atomic E-state index is 0.203. The maximum atomic E-state index is 12.8. The first-order valence-electron chi connectivity index (χ1n) is 10.4. The Morgan fingerprint density at radius 1 is 1.15 bits per heavy atom. The van der Waals surface area contributed by atoms with E-state index >= 15 is 0 Å². The summed E-state index contributed by atoms with van der Waals surface area (Å²) in [7, 11) is 1.60. The van der Waals surface area contributed by atoms with Gasteiger partial charge in [-0.3, -0.25) is 14.2 Å². The van der Waals surface area contributed by atoms with Crippen LogP contribution in [-0.2, 0) is 11.3 Å². The van der Waals surface area contributed by atoms with Crippen LogP contribution in [0.1, 0.15) is 26.5 Å². The topological polar surface area (TPSA) is 102 Å². The predicted molar refractivity (Wildman–Crippen MR) is 134 cm³/mol. The van der Waals surface area contributed by atoms with Crippen molar-refractivity contribution in [2.75, 3.05) is 19.0 Å². The predicted octanol–water partition coefficient (Wildman–Crippen LogP) is 4.63. The SMILES string of the molecule is COCCCn1c(=S)[nH]c2cc(C(=O)Oc3ccc(NC(=O)c4cccs4)cc3)ccc2c1=O. The number of nitrogens with zero attached hydrogens (tertiary/aromatic N) is 1. The molecule has 0 spiro atoms. The number of esters is 1. The van der Waals surface area contributed by atoms with Gasteiger partial charge in [0.2, 0.25) is 0 Å². The first kappa shape index (κ1) is 23.6. The highest BCUT2D eigenvalue weighted by Crippen LogP contribution is 2.20. The van der Waals surface area contributed by atoms with E-state index in [0.717, 1.165) is 0 Å². The summed E-state index contributed by atoms with van der Waals surface area (Å²) in [5, 5.41) is 5.04. The summed E-state index contributed by atoms with van der Waals surface area (Å²) >= 11 is 6.67. The van der Waals surface area contributed by atoms with Crippen molar-refractivity contribution in [3.8, 4) is 5.75 Å². The van der Waals surface area contributed by atoms with Gasteiger partial charge in [0.1, 0.15) is 5.75 Å². The summed E-state index contributed by atoms with van der Waals surface area (Å²) in [5.41, 5.74) is 1.08. The lowest BCUT2D eigenvalue weighted by Crippen LogP contribution is -2.23. The van der Waals surface area contributed by atoms with Gasteiger partial charge in [0.15, 0.2) is 4.77 Å². The molecule has 2 aromatic heterocycles. The molecule has 174 valence electrons. The molecule has 0 bridgehead atoms. The first-order chi connectivity index (χ1) is 16.5. The van der Waals surface area contributed by atoms with Crippen molar-refractivity contribution in [1.29, 1.82) is 0 Å². The summed E-state index contributed by atoms with van der Waals surface area (Å²) in [6.07, 6.45) is 0.653. The molecule has 0 aliphatic rings. The summed E-state index contributed by atoms with van der Waals surface area (Å²) in [6, 6.07) is 14.7. The highest BCUT2D eigenvalue weighted by Gasteiger charge is 2.13. The van der Waals surface area contributed by atoms with E-state index < -0.39 is 5.97 Å². The molecule has 0 aliphatic heterocycles. The average Bonchev–Trinajstić information content (AvgIpc) is 3.37. The molecule has 34 heavy (non-hydrogen) atoms. The maximum Gasteiger partial charge on any atom is 0.343 e. The van der Waals surface area contributed by atoms with E-state index in [2.05, 4.69) is 10.3 Å². The van der Waals surface area contributed by atoms with Gasteiger partial charge in [0.25, 0.3) is 11.5 Å². The Labute approximate surface area is 203 Å². The van der Waals surface area contributed by atoms with E-state index in [4.69, 9.17) is 21.7 Å². The zero-order valence-electron chi connectivity index (χ0n) is 18.2. The standard InChI is InChI=1S/C24H21N3O5S2/c1-31-12-3-11-27-22(29)18-10-5-15(14-19(18)26-24(27)33)23(30)32-17-8-6-16(7-9-17)25-21(28)20-4-2-13-34-20/h2,4-10,13-14H,3,11-12H2,1H3,(H,25,28)(H,26,33). The zero-order chi connectivity index (χ0) is 24.1. The molecule has 0 saturated heterocycles. The van der Waals surface area contributed by atoms with Crippen LogP contribution >= 0.6 is 23.6 Å². The summed E-state index contributed by atoms with van der Waals surface area (Å²) < 4.78 is 12.2. The van der Waals surface area contributed by atoms with E-state index in [1.165, 1.54) is 22.0 Å². The summed E-state index contributed by atoms with van der Waals surface area (Å²) in [4.78, 5) is 41.2. The van der Waals surface area contributed by atoms with Crippen molar-refractivity contribution in [2.45, 2.75) is 13.0 Å². The van der Waals surface area contributed by atoms with Gasteiger partial charge in [0, 0.05) is 25.9 Å². The second-order valence-corrected chi connectivity index (χ2v) is 8.67. The molecule has 2 N–H and O–H groups in total. The Balaban J connectivity index is 1.47. The van der Waals surface area contributed by atoms with Crippen LogP contribution in [0.15, 0.2) is 64.8 Å². The van der Waals surface area contributed by atoms with Crippen molar-refractivity contribution in [1.82, 2.24) is 9.55 Å². The minimum Gasteiger partial charge on any atom is -0.423 e.